The van der Waals surface area contributed by atoms with Crippen molar-refractivity contribution in [1.82, 2.24) is 5.32 Å². The van der Waals surface area contributed by atoms with Crippen molar-refractivity contribution in [1.29, 1.82) is 0 Å². The van der Waals surface area contributed by atoms with Crippen LogP contribution < -0.4 is 5.32 Å². The van der Waals surface area contributed by atoms with Gasteiger partial charge in [0, 0.05) is 0 Å². The van der Waals surface area contributed by atoms with Gasteiger partial charge in [-0.3, -0.25) is 4.79 Å². The van der Waals surface area contributed by atoms with Crippen LogP contribution in [0.5, 0.6) is 0 Å². The highest BCUT2D eigenvalue weighted by atomic mass is 32.2. The summed E-state index contributed by atoms with van der Waals surface area (Å²) < 4.78 is 4.95. The van der Waals surface area contributed by atoms with E-state index in [1.54, 1.807) is 0 Å². The molecule has 0 aliphatic rings. The van der Waals surface area contributed by atoms with E-state index in [1.165, 1.54) is 0 Å². The fraction of sp³-hybridized carbons (Fsp3) is 0.900. The van der Waals surface area contributed by atoms with Crippen molar-refractivity contribution in [3.05, 3.63) is 0 Å². The number of nitrogens with one attached hydrogen (secondary N) is 1. The van der Waals surface area contributed by atoms with E-state index in [0.29, 0.717) is 6.61 Å². The van der Waals surface area contributed by atoms with Crippen molar-refractivity contribution < 1.29 is 9.53 Å². The van der Waals surface area contributed by atoms with Crippen LogP contribution in [0.25, 0.3) is 0 Å². The summed E-state index contributed by atoms with van der Waals surface area (Å²) in [5.74, 6) is 1.01. The first-order valence-electron chi connectivity index (χ1n) is 5.15. The number of thioether (sulfide) groups is 1. The molecule has 0 bridgehead atoms. The van der Waals surface area contributed by atoms with Crippen LogP contribution in [0.4, 0.5) is 0 Å². The lowest BCUT2D eigenvalue weighted by molar-refractivity contribution is -0.145. The van der Waals surface area contributed by atoms with E-state index in [0.717, 1.165) is 25.1 Å². The second-order valence-electron chi connectivity index (χ2n) is 3.01. The minimum Gasteiger partial charge on any atom is -0.465 e. The summed E-state index contributed by atoms with van der Waals surface area (Å²) in [7, 11) is 0. The molecule has 0 aromatic rings. The van der Waals surface area contributed by atoms with Crippen LogP contribution in [-0.2, 0) is 9.53 Å². The highest BCUT2D eigenvalue weighted by Gasteiger charge is 2.15. The Morgan fingerprint density at radius 2 is 2.21 bits per heavy atom. The predicted molar refractivity (Wildman–Crippen MR) is 61.7 cm³/mol. The van der Waals surface area contributed by atoms with E-state index < -0.39 is 0 Å². The van der Waals surface area contributed by atoms with E-state index in [2.05, 4.69) is 11.6 Å². The maximum Gasteiger partial charge on any atom is 0.323 e. The molecule has 0 aromatic heterocycles. The van der Waals surface area contributed by atoms with Gasteiger partial charge in [-0.1, -0.05) is 6.92 Å². The Hall–Kier alpha value is -0.220. The van der Waals surface area contributed by atoms with Gasteiger partial charge in [-0.15, -0.1) is 0 Å². The van der Waals surface area contributed by atoms with Gasteiger partial charge < -0.3 is 10.1 Å². The van der Waals surface area contributed by atoms with E-state index in [-0.39, 0.29) is 12.0 Å². The first-order chi connectivity index (χ1) is 6.76. The molecular formula is C10H21NO2S. The molecule has 0 heterocycles. The SMILES string of the molecule is CCOC(=O)C(CC)NCCCSC. The fourth-order valence-electron chi connectivity index (χ4n) is 1.13. The summed E-state index contributed by atoms with van der Waals surface area (Å²) in [5, 5.41) is 3.20. The van der Waals surface area contributed by atoms with Crippen molar-refractivity contribution in [2.75, 3.05) is 25.2 Å². The van der Waals surface area contributed by atoms with Crippen LogP contribution in [0.15, 0.2) is 0 Å². The lowest BCUT2D eigenvalue weighted by atomic mass is 10.2. The molecule has 0 saturated carbocycles. The maximum absolute atomic E-state index is 11.3. The van der Waals surface area contributed by atoms with Gasteiger partial charge in [0.25, 0.3) is 0 Å². The molecule has 0 fully saturated rings. The normalized spacial score (nSPS) is 12.5. The zero-order chi connectivity index (χ0) is 10.8. The van der Waals surface area contributed by atoms with E-state index in [1.807, 2.05) is 25.6 Å². The number of carbonyl (C=O) groups is 1. The minimum atomic E-state index is -0.128. The molecule has 0 spiro atoms. The van der Waals surface area contributed by atoms with Gasteiger partial charge in [-0.25, -0.2) is 0 Å². The second kappa shape index (κ2) is 9.34. The van der Waals surface area contributed by atoms with Crippen LogP contribution >= 0.6 is 11.8 Å². The molecule has 84 valence electrons. The zero-order valence-electron chi connectivity index (χ0n) is 9.34. The number of esters is 1. The minimum absolute atomic E-state index is 0.126. The Morgan fingerprint density at radius 3 is 2.71 bits per heavy atom. The molecular weight excluding hydrogens is 198 g/mol. The third-order valence-electron chi connectivity index (χ3n) is 1.90. The first kappa shape index (κ1) is 13.8. The third-order valence-corrected chi connectivity index (χ3v) is 2.59. The Labute approximate surface area is 91.0 Å². The lowest BCUT2D eigenvalue weighted by Crippen LogP contribution is -2.38. The van der Waals surface area contributed by atoms with E-state index >= 15 is 0 Å². The number of rotatable bonds is 8. The van der Waals surface area contributed by atoms with Crippen molar-refractivity contribution in [3.8, 4) is 0 Å². The average Bonchev–Trinajstić information content (AvgIpc) is 2.18. The smallest absolute Gasteiger partial charge is 0.323 e. The third kappa shape index (κ3) is 6.27. The predicted octanol–water partition coefficient (Wildman–Crippen LogP) is 1.67. The summed E-state index contributed by atoms with van der Waals surface area (Å²) in [6, 6.07) is -0.128. The standard InChI is InChI=1S/C10H21NO2S/c1-4-9(10(12)13-5-2)11-7-6-8-14-3/h9,11H,4-8H2,1-3H3. The van der Waals surface area contributed by atoms with Gasteiger partial charge in [0.05, 0.1) is 6.61 Å². The Balaban J connectivity index is 3.62. The first-order valence-corrected chi connectivity index (χ1v) is 6.54. The van der Waals surface area contributed by atoms with Gasteiger partial charge in [-0.2, -0.15) is 11.8 Å². The molecule has 3 nitrogen and oxygen atoms in total. The van der Waals surface area contributed by atoms with Gasteiger partial charge in [0.2, 0.25) is 0 Å². The lowest BCUT2D eigenvalue weighted by Gasteiger charge is -2.14. The van der Waals surface area contributed by atoms with Gasteiger partial charge >= 0.3 is 5.97 Å². The summed E-state index contributed by atoms with van der Waals surface area (Å²) in [5.41, 5.74) is 0. The molecule has 0 radical (unpaired) electrons. The number of carbonyl (C=O) groups excluding carboxylic acids is 1. The second-order valence-corrected chi connectivity index (χ2v) is 4.00. The zero-order valence-corrected chi connectivity index (χ0v) is 10.2. The monoisotopic (exact) mass is 219 g/mol. The molecule has 0 saturated heterocycles. The van der Waals surface area contributed by atoms with Crippen LogP contribution in [0.1, 0.15) is 26.7 Å². The Bertz CT molecular complexity index is 153. The number of hydrogen-bond donors (Lipinski definition) is 1. The topological polar surface area (TPSA) is 38.3 Å². The van der Waals surface area contributed by atoms with Crippen molar-refractivity contribution in [3.63, 3.8) is 0 Å². The molecule has 0 aliphatic heterocycles. The molecule has 0 aromatic carbocycles. The molecule has 0 amide bonds. The highest BCUT2D eigenvalue weighted by molar-refractivity contribution is 7.98. The number of ether oxygens (including phenoxy) is 1. The number of hydrogen-bond acceptors (Lipinski definition) is 4. The van der Waals surface area contributed by atoms with E-state index in [9.17, 15) is 4.79 Å². The summed E-state index contributed by atoms with van der Waals surface area (Å²) in [4.78, 5) is 11.3. The summed E-state index contributed by atoms with van der Waals surface area (Å²) >= 11 is 1.82. The molecule has 0 rings (SSSR count). The van der Waals surface area contributed by atoms with Crippen molar-refractivity contribution in [2.24, 2.45) is 0 Å². The molecule has 1 unspecified atom stereocenters. The highest BCUT2D eigenvalue weighted by Crippen LogP contribution is 1.97. The molecule has 1 atom stereocenters. The van der Waals surface area contributed by atoms with E-state index in [4.69, 9.17) is 4.74 Å². The quantitative estimate of drug-likeness (QED) is 0.498. The van der Waals surface area contributed by atoms with Gasteiger partial charge in [0.1, 0.15) is 6.04 Å². The Kier molecular flexibility index (Phi) is 9.19. The van der Waals surface area contributed by atoms with Crippen LogP contribution in [0.3, 0.4) is 0 Å². The summed E-state index contributed by atoms with van der Waals surface area (Å²) in [6.07, 6.45) is 3.97. The average molecular weight is 219 g/mol. The molecule has 0 aliphatic carbocycles. The summed E-state index contributed by atoms with van der Waals surface area (Å²) in [6.45, 7) is 5.17. The van der Waals surface area contributed by atoms with Gasteiger partial charge in [0.15, 0.2) is 0 Å². The van der Waals surface area contributed by atoms with Crippen LogP contribution in [0, 0.1) is 0 Å². The van der Waals surface area contributed by atoms with Crippen LogP contribution in [-0.4, -0.2) is 37.2 Å². The molecule has 1 N–H and O–H groups in total. The Morgan fingerprint density at radius 1 is 1.50 bits per heavy atom. The fourth-order valence-corrected chi connectivity index (χ4v) is 1.56. The maximum atomic E-state index is 11.3. The van der Waals surface area contributed by atoms with Crippen molar-refractivity contribution >= 4 is 17.7 Å². The largest absolute Gasteiger partial charge is 0.465 e. The molecule has 14 heavy (non-hydrogen) atoms. The van der Waals surface area contributed by atoms with Crippen LogP contribution in [0.2, 0.25) is 0 Å². The molecule has 4 heteroatoms. The van der Waals surface area contributed by atoms with Gasteiger partial charge in [-0.05, 0) is 38.3 Å². The van der Waals surface area contributed by atoms with Crippen molar-refractivity contribution in [2.45, 2.75) is 32.7 Å².